The van der Waals surface area contributed by atoms with E-state index in [2.05, 4.69) is 5.32 Å². The molecule has 1 aliphatic heterocycles. The van der Waals surface area contributed by atoms with Gasteiger partial charge in [0.15, 0.2) is 0 Å². The average Bonchev–Trinajstić information content (AvgIpc) is 2.75. The van der Waals surface area contributed by atoms with Crippen molar-refractivity contribution in [3.8, 4) is 0 Å². The van der Waals surface area contributed by atoms with Gasteiger partial charge >= 0.3 is 5.97 Å². The van der Waals surface area contributed by atoms with E-state index in [1.165, 1.54) is 24.3 Å². The largest absolute Gasteiger partial charge is 0.464 e. The molecule has 0 radical (unpaired) electrons. The highest BCUT2D eigenvalue weighted by Gasteiger charge is 2.27. The number of hydrogen-bond donors (Lipinski definition) is 1. The Hall–Kier alpha value is -2.44. The summed E-state index contributed by atoms with van der Waals surface area (Å²) >= 11 is 0. The number of benzene rings is 1. The molecule has 1 saturated heterocycles. The van der Waals surface area contributed by atoms with Crippen molar-refractivity contribution in [2.75, 3.05) is 6.61 Å². The summed E-state index contributed by atoms with van der Waals surface area (Å²) in [5.74, 6) is -0.727. The smallest absolute Gasteiger partial charge is 0.328 e. The Balaban J connectivity index is 1.91. The lowest BCUT2D eigenvalue weighted by atomic mass is 10.1. The monoisotopic (exact) mass is 264 g/mol. The maximum Gasteiger partial charge on any atom is 0.328 e. The van der Waals surface area contributed by atoms with E-state index in [9.17, 15) is 19.7 Å². The summed E-state index contributed by atoms with van der Waals surface area (Å²) in [4.78, 5) is 32.8. The first-order valence-corrected chi connectivity index (χ1v) is 5.75. The van der Waals surface area contributed by atoms with Crippen LogP contribution < -0.4 is 5.32 Å². The molecular weight excluding hydrogens is 252 g/mol. The van der Waals surface area contributed by atoms with E-state index in [1.54, 1.807) is 0 Å². The minimum Gasteiger partial charge on any atom is -0.464 e. The summed E-state index contributed by atoms with van der Waals surface area (Å²) < 4.78 is 4.73. The van der Waals surface area contributed by atoms with Crippen LogP contribution in [-0.2, 0) is 20.7 Å². The van der Waals surface area contributed by atoms with Gasteiger partial charge in [0.25, 0.3) is 5.69 Å². The van der Waals surface area contributed by atoms with E-state index in [0.29, 0.717) is 18.6 Å². The first kappa shape index (κ1) is 13.0. The lowest BCUT2D eigenvalue weighted by Crippen LogP contribution is -2.38. The molecule has 19 heavy (non-hydrogen) atoms. The Morgan fingerprint density at radius 1 is 1.42 bits per heavy atom. The number of esters is 1. The van der Waals surface area contributed by atoms with Gasteiger partial charge in [0, 0.05) is 18.6 Å². The molecule has 1 aliphatic rings. The van der Waals surface area contributed by atoms with Gasteiger partial charge in [-0.3, -0.25) is 14.9 Å². The van der Waals surface area contributed by atoms with Crippen molar-refractivity contribution in [1.29, 1.82) is 0 Å². The molecule has 1 aromatic rings. The van der Waals surface area contributed by atoms with Crippen LogP contribution in [0.25, 0.3) is 0 Å². The second-order valence-electron chi connectivity index (χ2n) is 4.18. The third kappa shape index (κ3) is 3.27. The fourth-order valence-corrected chi connectivity index (χ4v) is 1.79. The van der Waals surface area contributed by atoms with Gasteiger partial charge in [-0.05, 0) is 5.56 Å². The summed E-state index contributed by atoms with van der Waals surface area (Å²) in [6.45, 7) is 0.321. The molecule has 0 bridgehead atoms. The molecule has 100 valence electrons. The van der Waals surface area contributed by atoms with Gasteiger partial charge in [-0.2, -0.15) is 0 Å². The Labute approximate surface area is 108 Å². The number of cyclic esters (lactones) is 1. The van der Waals surface area contributed by atoms with E-state index in [1.807, 2.05) is 0 Å². The van der Waals surface area contributed by atoms with Crippen LogP contribution in [0.1, 0.15) is 12.0 Å². The minimum atomic E-state index is -0.578. The third-order valence-electron chi connectivity index (χ3n) is 2.78. The number of nitrogens with zero attached hydrogens (tertiary/aromatic N) is 1. The first-order chi connectivity index (χ1) is 9.06. The summed E-state index contributed by atoms with van der Waals surface area (Å²) in [6.07, 6.45) is 0.548. The molecule has 7 heteroatoms. The van der Waals surface area contributed by atoms with Crippen LogP contribution >= 0.6 is 0 Å². The number of nitrogens with one attached hydrogen (secondary N) is 1. The number of carbonyl (C=O) groups excluding carboxylic acids is 2. The van der Waals surface area contributed by atoms with Crippen LogP contribution in [-0.4, -0.2) is 29.4 Å². The summed E-state index contributed by atoms with van der Waals surface area (Å²) in [7, 11) is 0. The normalized spacial score (nSPS) is 17.9. The Morgan fingerprint density at radius 3 is 2.63 bits per heavy atom. The SMILES string of the molecule is O=C(Cc1ccc([N+](=O)[O-])cc1)N[C@@H]1CCOC1=O. The number of ether oxygens (including phenoxy) is 1. The van der Waals surface area contributed by atoms with E-state index < -0.39 is 16.9 Å². The number of rotatable bonds is 4. The molecule has 0 unspecified atom stereocenters. The number of carbonyl (C=O) groups is 2. The van der Waals surface area contributed by atoms with Crippen molar-refractivity contribution in [3.63, 3.8) is 0 Å². The van der Waals surface area contributed by atoms with Gasteiger partial charge in [0.1, 0.15) is 6.04 Å². The molecule has 1 aromatic carbocycles. The van der Waals surface area contributed by atoms with Crippen molar-refractivity contribution in [3.05, 3.63) is 39.9 Å². The van der Waals surface area contributed by atoms with Crippen molar-refractivity contribution in [1.82, 2.24) is 5.32 Å². The maximum atomic E-state index is 11.7. The first-order valence-electron chi connectivity index (χ1n) is 5.75. The molecule has 1 N–H and O–H groups in total. The zero-order valence-corrected chi connectivity index (χ0v) is 10.00. The van der Waals surface area contributed by atoms with E-state index in [-0.39, 0.29) is 18.0 Å². The van der Waals surface area contributed by atoms with Crippen molar-refractivity contribution >= 4 is 17.6 Å². The van der Waals surface area contributed by atoms with Gasteiger partial charge < -0.3 is 10.1 Å². The van der Waals surface area contributed by atoms with E-state index >= 15 is 0 Å². The molecule has 7 nitrogen and oxygen atoms in total. The zero-order chi connectivity index (χ0) is 13.8. The highest BCUT2D eigenvalue weighted by Crippen LogP contribution is 2.12. The van der Waals surface area contributed by atoms with Crippen LogP contribution in [0.3, 0.4) is 0 Å². The molecule has 1 heterocycles. The summed E-state index contributed by atoms with van der Waals surface area (Å²) in [6, 6.07) is 5.14. The summed E-state index contributed by atoms with van der Waals surface area (Å²) in [5, 5.41) is 13.0. The van der Waals surface area contributed by atoms with Crippen LogP contribution in [0.2, 0.25) is 0 Å². The number of nitro benzene ring substituents is 1. The summed E-state index contributed by atoms with van der Waals surface area (Å²) in [5.41, 5.74) is 0.623. The fraction of sp³-hybridized carbons (Fsp3) is 0.333. The van der Waals surface area contributed by atoms with Gasteiger partial charge in [-0.15, -0.1) is 0 Å². The van der Waals surface area contributed by atoms with Crippen LogP contribution in [0.4, 0.5) is 5.69 Å². The Bertz CT molecular complexity index is 511. The molecule has 0 spiro atoms. The van der Waals surface area contributed by atoms with Crippen LogP contribution in [0.15, 0.2) is 24.3 Å². The predicted octanol–water partition coefficient (Wildman–Crippen LogP) is 0.569. The number of nitro groups is 1. The number of non-ortho nitro benzene ring substituents is 1. The minimum absolute atomic E-state index is 0.0245. The average molecular weight is 264 g/mol. The molecule has 0 saturated carbocycles. The lowest BCUT2D eigenvalue weighted by Gasteiger charge is -2.08. The fourth-order valence-electron chi connectivity index (χ4n) is 1.79. The van der Waals surface area contributed by atoms with E-state index in [4.69, 9.17) is 4.74 Å². The second kappa shape index (κ2) is 5.47. The van der Waals surface area contributed by atoms with Crippen LogP contribution in [0, 0.1) is 10.1 Å². The molecular formula is C12H12N2O5. The van der Waals surface area contributed by atoms with Gasteiger partial charge in [0.2, 0.25) is 5.91 Å². The van der Waals surface area contributed by atoms with E-state index in [0.717, 1.165) is 0 Å². The standard InChI is InChI=1S/C12H12N2O5/c15-11(13-10-5-6-19-12(10)16)7-8-1-3-9(4-2-8)14(17)18/h1-4,10H,5-7H2,(H,13,15)/t10-/m1/s1. The van der Waals surface area contributed by atoms with Gasteiger partial charge in [-0.25, -0.2) is 4.79 Å². The highest BCUT2D eigenvalue weighted by atomic mass is 16.6. The van der Waals surface area contributed by atoms with Gasteiger partial charge in [-0.1, -0.05) is 12.1 Å². The van der Waals surface area contributed by atoms with Gasteiger partial charge in [0.05, 0.1) is 18.0 Å². The molecule has 0 aromatic heterocycles. The van der Waals surface area contributed by atoms with Crippen molar-refractivity contribution in [2.24, 2.45) is 0 Å². The molecule has 1 amide bonds. The van der Waals surface area contributed by atoms with Crippen molar-refractivity contribution in [2.45, 2.75) is 18.9 Å². The third-order valence-corrected chi connectivity index (χ3v) is 2.78. The molecule has 1 fully saturated rings. The molecule has 2 rings (SSSR count). The van der Waals surface area contributed by atoms with Crippen molar-refractivity contribution < 1.29 is 19.2 Å². The Kier molecular flexibility index (Phi) is 3.74. The number of amides is 1. The number of hydrogen-bond acceptors (Lipinski definition) is 5. The predicted molar refractivity (Wildman–Crippen MR) is 64.3 cm³/mol. The Morgan fingerprint density at radius 2 is 2.11 bits per heavy atom. The second-order valence-corrected chi connectivity index (χ2v) is 4.18. The lowest BCUT2D eigenvalue weighted by molar-refractivity contribution is -0.384. The topological polar surface area (TPSA) is 98.5 Å². The maximum absolute atomic E-state index is 11.7. The molecule has 0 aliphatic carbocycles. The highest BCUT2D eigenvalue weighted by molar-refractivity contribution is 5.86. The zero-order valence-electron chi connectivity index (χ0n) is 10.00. The van der Waals surface area contributed by atoms with Crippen LogP contribution in [0.5, 0.6) is 0 Å². The quantitative estimate of drug-likeness (QED) is 0.487. The molecule has 1 atom stereocenters.